The summed E-state index contributed by atoms with van der Waals surface area (Å²) in [5.74, 6) is -1.03. The largest absolute Gasteiger partial charge is 0.365 e. The molecule has 1 amide bonds. The number of Topliss-reactive ketones (excluding diaryl/α,β-unsaturated/α-hetero) is 1. The molecule has 1 aromatic rings. The van der Waals surface area contributed by atoms with Crippen LogP contribution in [0.5, 0.6) is 0 Å². The van der Waals surface area contributed by atoms with E-state index in [-0.39, 0.29) is 23.8 Å². The van der Waals surface area contributed by atoms with Gasteiger partial charge in [-0.2, -0.15) is 0 Å². The van der Waals surface area contributed by atoms with E-state index in [2.05, 4.69) is 0 Å². The fourth-order valence-electron chi connectivity index (χ4n) is 1.61. The van der Waals surface area contributed by atoms with E-state index in [9.17, 15) is 14.0 Å². The fraction of sp³-hybridized carbons (Fsp3) is 0.385. The van der Waals surface area contributed by atoms with Crippen LogP contribution in [0.4, 0.5) is 10.1 Å². The predicted octanol–water partition coefficient (Wildman–Crippen LogP) is 1.55. The molecule has 1 rings (SSSR count). The topological polar surface area (TPSA) is 40.6 Å². The number of benzene rings is 1. The number of ketones is 1. The molecule has 0 heterocycles. The molecular formula is C13H17FN2O2. The van der Waals surface area contributed by atoms with E-state index in [1.807, 2.05) is 0 Å². The minimum atomic E-state index is -0.566. The normalized spacial score (nSPS) is 10.1. The van der Waals surface area contributed by atoms with Crippen LogP contribution in [0.25, 0.3) is 0 Å². The molecule has 4 nitrogen and oxygen atoms in total. The van der Waals surface area contributed by atoms with Gasteiger partial charge < -0.3 is 9.80 Å². The Morgan fingerprint density at radius 1 is 1.22 bits per heavy atom. The second-order valence-electron chi connectivity index (χ2n) is 4.33. The Kier molecular flexibility index (Phi) is 4.42. The van der Waals surface area contributed by atoms with Gasteiger partial charge in [0.1, 0.15) is 5.82 Å². The van der Waals surface area contributed by atoms with Crippen LogP contribution in [-0.2, 0) is 4.79 Å². The van der Waals surface area contributed by atoms with Crippen LogP contribution in [0.3, 0.4) is 0 Å². The van der Waals surface area contributed by atoms with Gasteiger partial charge in [0.05, 0.1) is 17.8 Å². The Morgan fingerprint density at radius 2 is 1.83 bits per heavy atom. The van der Waals surface area contributed by atoms with E-state index in [1.165, 1.54) is 24.0 Å². The van der Waals surface area contributed by atoms with Crippen molar-refractivity contribution in [3.63, 3.8) is 0 Å². The molecule has 0 aromatic heterocycles. The summed E-state index contributed by atoms with van der Waals surface area (Å²) in [6.07, 6.45) is 0. The minimum absolute atomic E-state index is 0.0200. The molecule has 0 saturated heterocycles. The molecule has 5 heteroatoms. The maximum atomic E-state index is 13.6. The van der Waals surface area contributed by atoms with Gasteiger partial charge in [-0.1, -0.05) is 6.07 Å². The second-order valence-corrected chi connectivity index (χ2v) is 4.33. The number of carbonyl (C=O) groups is 2. The highest BCUT2D eigenvalue weighted by Gasteiger charge is 2.17. The number of nitrogens with zero attached hydrogens (tertiary/aromatic N) is 2. The van der Waals surface area contributed by atoms with Crippen molar-refractivity contribution in [2.24, 2.45) is 0 Å². The first kappa shape index (κ1) is 14.2. The summed E-state index contributed by atoms with van der Waals surface area (Å²) in [6.45, 7) is 1.40. The third-order valence-corrected chi connectivity index (χ3v) is 2.63. The molecule has 1 aromatic carbocycles. The molecule has 0 unspecified atom stereocenters. The van der Waals surface area contributed by atoms with Crippen molar-refractivity contribution in [2.75, 3.05) is 32.6 Å². The number of anilines is 1. The number of likely N-dealkylation sites (N-methyl/N-ethyl adjacent to an activating group) is 2. The third kappa shape index (κ3) is 3.06. The quantitative estimate of drug-likeness (QED) is 0.763. The van der Waals surface area contributed by atoms with Crippen LogP contribution in [0.2, 0.25) is 0 Å². The van der Waals surface area contributed by atoms with E-state index in [4.69, 9.17) is 0 Å². The Labute approximate surface area is 106 Å². The van der Waals surface area contributed by atoms with Gasteiger partial charge >= 0.3 is 0 Å². The van der Waals surface area contributed by atoms with Crippen LogP contribution in [0.1, 0.15) is 17.3 Å². The Bertz CT molecular complexity index is 472. The highest BCUT2D eigenvalue weighted by Crippen LogP contribution is 2.22. The van der Waals surface area contributed by atoms with Gasteiger partial charge in [-0.25, -0.2) is 4.39 Å². The summed E-state index contributed by atoms with van der Waals surface area (Å²) in [6, 6.07) is 4.39. The molecule has 0 saturated carbocycles. The molecule has 0 bridgehead atoms. The predicted molar refractivity (Wildman–Crippen MR) is 68.4 cm³/mol. The van der Waals surface area contributed by atoms with E-state index in [1.54, 1.807) is 32.1 Å². The summed E-state index contributed by atoms with van der Waals surface area (Å²) < 4.78 is 13.6. The van der Waals surface area contributed by atoms with E-state index in [0.717, 1.165) is 0 Å². The number of hydrogen-bond donors (Lipinski definition) is 0. The van der Waals surface area contributed by atoms with Crippen LogP contribution in [0.15, 0.2) is 18.2 Å². The second kappa shape index (κ2) is 5.62. The fourth-order valence-corrected chi connectivity index (χ4v) is 1.61. The zero-order valence-electron chi connectivity index (χ0n) is 11.0. The van der Waals surface area contributed by atoms with Crippen LogP contribution in [0, 0.1) is 5.82 Å². The summed E-state index contributed by atoms with van der Waals surface area (Å²) in [5.41, 5.74) is 0.448. The van der Waals surface area contributed by atoms with Crippen molar-refractivity contribution < 1.29 is 14.0 Å². The zero-order chi connectivity index (χ0) is 13.9. The Balaban J connectivity index is 3.06. The first-order chi connectivity index (χ1) is 8.34. The number of halogens is 1. The molecule has 0 atom stereocenters. The standard InChI is InChI=1S/C13H17FN2O2/c1-9(17)13-10(14)6-5-7-11(13)16(4)8-12(18)15(2)3/h5-7H,8H2,1-4H3. The van der Waals surface area contributed by atoms with Crippen molar-refractivity contribution in [1.82, 2.24) is 4.90 Å². The first-order valence-corrected chi connectivity index (χ1v) is 5.55. The number of hydrogen-bond acceptors (Lipinski definition) is 3. The molecule has 98 valence electrons. The van der Waals surface area contributed by atoms with Gasteiger partial charge in [0, 0.05) is 21.1 Å². The van der Waals surface area contributed by atoms with E-state index >= 15 is 0 Å². The summed E-state index contributed by atoms with van der Waals surface area (Å²) in [4.78, 5) is 26.1. The average Bonchev–Trinajstić information content (AvgIpc) is 2.27. The van der Waals surface area contributed by atoms with Gasteiger partial charge in [-0.15, -0.1) is 0 Å². The monoisotopic (exact) mass is 252 g/mol. The molecule has 0 N–H and O–H groups in total. The lowest BCUT2D eigenvalue weighted by molar-refractivity contribution is -0.127. The van der Waals surface area contributed by atoms with Gasteiger partial charge in [0.2, 0.25) is 5.91 Å². The lowest BCUT2D eigenvalue weighted by Crippen LogP contribution is -2.35. The van der Waals surface area contributed by atoms with Gasteiger partial charge in [0.15, 0.2) is 5.78 Å². The van der Waals surface area contributed by atoms with Crippen LogP contribution >= 0.6 is 0 Å². The van der Waals surface area contributed by atoms with Crippen molar-refractivity contribution >= 4 is 17.4 Å². The summed E-state index contributed by atoms with van der Waals surface area (Å²) in [5, 5.41) is 0. The highest BCUT2D eigenvalue weighted by molar-refractivity contribution is 6.00. The first-order valence-electron chi connectivity index (χ1n) is 5.55. The smallest absolute Gasteiger partial charge is 0.241 e. The van der Waals surface area contributed by atoms with Gasteiger partial charge in [0.25, 0.3) is 0 Å². The lowest BCUT2D eigenvalue weighted by Gasteiger charge is -2.23. The van der Waals surface area contributed by atoms with Crippen molar-refractivity contribution in [3.8, 4) is 0 Å². The molecule has 18 heavy (non-hydrogen) atoms. The maximum Gasteiger partial charge on any atom is 0.241 e. The lowest BCUT2D eigenvalue weighted by atomic mass is 10.1. The Hall–Kier alpha value is -1.91. The molecule has 0 spiro atoms. The molecule has 0 aliphatic carbocycles. The number of rotatable bonds is 4. The number of amides is 1. The van der Waals surface area contributed by atoms with Gasteiger partial charge in [-0.05, 0) is 19.1 Å². The highest BCUT2D eigenvalue weighted by atomic mass is 19.1. The SMILES string of the molecule is CC(=O)c1c(F)cccc1N(C)CC(=O)N(C)C. The molecule has 0 aliphatic rings. The van der Waals surface area contributed by atoms with Crippen LogP contribution in [-0.4, -0.2) is 44.3 Å². The molecular weight excluding hydrogens is 235 g/mol. The van der Waals surface area contributed by atoms with Gasteiger partial charge in [-0.3, -0.25) is 9.59 Å². The third-order valence-electron chi connectivity index (χ3n) is 2.63. The van der Waals surface area contributed by atoms with Crippen molar-refractivity contribution in [1.29, 1.82) is 0 Å². The molecule has 0 fully saturated rings. The Morgan fingerprint density at radius 3 is 2.33 bits per heavy atom. The summed E-state index contributed by atoms with van der Waals surface area (Å²) in [7, 11) is 4.95. The molecule has 0 aliphatic heterocycles. The summed E-state index contributed by atoms with van der Waals surface area (Å²) >= 11 is 0. The maximum absolute atomic E-state index is 13.6. The zero-order valence-corrected chi connectivity index (χ0v) is 11.0. The van der Waals surface area contributed by atoms with E-state index < -0.39 is 5.82 Å². The number of carbonyl (C=O) groups excluding carboxylic acids is 2. The van der Waals surface area contributed by atoms with Crippen LogP contribution < -0.4 is 4.90 Å². The molecule has 0 radical (unpaired) electrons. The van der Waals surface area contributed by atoms with Crippen molar-refractivity contribution in [2.45, 2.75) is 6.92 Å². The van der Waals surface area contributed by atoms with Crippen molar-refractivity contribution in [3.05, 3.63) is 29.6 Å². The average molecular weight is 252 g/mol. The minimum Gasteiger partial charge on any atom is -0.365 e. The van der Waals surface area contributed by atoms with E-state index in [0.29, 0.717) is 5.69 Å².